The number of nitriles is 1. The highest BCUT2D eigenvalue weighted by Gasteiger charge is 2.39. The minimum absolute atomic E-state index is 0.0268. The fourth-order valence-corrected chi connectivity index (χ4v) is 7.32. The minimum atomic E-state index is -0.684. The van der Waals surface area contributed by atoms with Gasteiger partial charge in [0, 0.05) is 23.5 Å². The molecule has 2 aromatic heterocycles. The number of nitrogens with zero attached hydrogens (tertiary/aromatic N) is 4. The zero-order valence-electron chi connectivity index (χ0n) is 27.3. The Morgan fingerprint density at radius 3 is 1.92 bits per heavy atom. The topological polar surface area (TPSA) is 95.6 Å². The van der Waals surface area contributed by atoms with Gasteiger partial charge in [-0.05, 0) is 53.0 Å². The molecule has 2 N–H and O–H groups in total. The van der Waals surface area contributed by atoms with E-state index in [2.05, 4.69) is 137 Å². The first-order valence-electron chi connectivity index (χ1n) is 16.1. The summed E-state index contributed by atoms with van der Waals surface area (Å²) in [6.45, 7) is 6.12. The van der Waals surface area contributed by atoms with Crippen LogP contribution in [0.4, 0.5) is 5.00 Å². The Kier molecular flexibility index (Phi) is 9.79. The zero-order chi connectivity index (χ0) is 33.5. The number of imidazole rings is 1. The van der Waals surface area contributed by atoms with Crippen molar-refractivity contribution in [2.45, 2.75) is 38.8 Å². The predicted octanol–water partition coefficient (Wildman–Crippen LogP) is 8.29. The molecule has 0 spiro atoms. The minimum Gasteiger partial charge on any atom is -0.364 e. The maximum Gasteiger partial charge on any atom is 0.243 e. The lowest BCUT2D eigenvalue weighted by atomic mass is 9.76. The summed E-state index contributed by atoms with van der Waals surface area (Å²) in [6.07, 6.45) is 4.56. The molecule has 7 nitrogen and oxygen atoms in total. The molecular weight excluding hydrogens is 613 g/mol. The SMILES string of the molecule is Cc1nsc(N[C@@H](CC(C)C)C(=O)NCC#N)c1-c1ccc(-c2nccn2C(c2ccccc2)(c2ccccc2)c2ccccc2)cc1. The van der Waals surface area contributed by atoms with E-state index >= 15 is 0 Å². The van der Waals surface area contributed by atoms with Crippen LogP contribution in [0, 0.1) is 24.2 Å². The van der Waals surface area contributed by atoms with Gasteiger partial charge in [-0.1, -0.05) is 129 Å². The Labute approximate surface area is 286 Å². The van der Waals surface area contributed by atoms with E-state index in [0.717, 1.165) is 49.9 Å². The first-order valence-corrected chi connectivity index (χ1v) is 16.9. The number of hydrogen-bond acceptors (Lipinski definition) is 6. The van der Waals surface area contributed by atoms with Crippen LogP contribution in [0.2, 0.25) is 0 Å². The van der Waals surface area contributed by atoms with Gasteiger partial charge in [0.2, 0.25) is 5.91 Å². The van der Waals surface area contributed by atoms with Crippen LogP contribution in [0.15, 0.2) is 128 Å². The second-order valence-corrected chi connectivity index (χ2v) is 13.0. The summed E-state index contributed by atoms with van der Waals surface area (Å²) >= 11 is 1.35. The van der Waals surface area contributed by atoms with E-state index in [9.17, 15) is 4.79 Å². The second-order valence-electron chi connectivity index (χ2n) is 12.2. The number of rotatable bonds is 12. The maximum absolute atomic E-state index is 12.9. The smallest absolute Gasteiger partial charge is 0.243 e. The standard InChI is InChI=1S/C40H38N6OS/c1-28(2)27-35(38(47)43-24-23-41)44-39-36(29(3)45-48-39)30-19-21-31(22-20-30)37-42-25-26-46(37)40(32-13-7-4-8-14-32,33-15-9-5-10-16-33)34-17-11-6-12-18-34/h4-22,25-26,28,35,44H,24,27H2,1-3H3,(H,43,47)/t35-/m0/s1. The van der Waals surface area contributed by atoms with Crippen molar-refractivity contribution in [2.24, 2.45) is 5.92 Å². The normalized spacial score (nSPS) is 12.0. The van der Waals surface area contributed by atoms with Crippen LogP contribution in [0.1, 0.15) is 42.7 Å². The molecule has 240 valence electrons. The van der Waals surface area contributed by atoms with Crippen molar-refractivity contribution in [1.82, 2.24) is 19.2 Å². The van der Waals surface area contributed by atoms with Gasteiger partial charge in [0.05, 0.1) is 11.8 Å². The molecule has 0 aliphatic heterocycles. The Morgan fingerprint density at radius 1 is 0.854 bits per heavy atom. The van der Waals surface area contributed by atoms with Crippen molar-refractivity contribution in [1.29, 1.82) is 5.26 Å². The van der Waals surface area contributed by atoms with Crippen molar-refractivity contribution >= 4 is 22.4 Å². The fraction of sp³-hybridized carbons (Fsp3) is 0.200. The number of aryl methyl sites for hydroxylation is 1. The summed E-state index contributed by atoms with van der Waals surface area (Å²) in [5.41, 5.74) is 6.51. The van der Waals surface area contributed by atoms with E-state index in [-0.39, 0.29) is 18.4 Å². The van der Waals surface area contributed by atoms with E-state index in [0.29, 0.717) is 6.42 Å². The van der Waals surface area contributed by atoms with E-state index in [4.69, 9.17) is 10.2 Å². The van der Waals surface area contributed by atoms with Gasteiger partial charge in [-0.15, -0.1) is 0 Å². The van der Waals surface area contributed by atoms with Crippen LogP contribution in [-0.2, 0) is 10.3 Å². The largest absolute Gasteiger partial charge is 0.364 e. The van der Waals surface area contributed by atoms with E-state index in [1.807, 2.05) is 37.4 Å². The van der Waals surface area contributed by atoms with Gasteiger partial charge in [-0.3, -0.25) is 4.79 Å². The van der Waals surface area contributed by atoms with E-state index in [1.54, 1.807) is 0 Å². The van der Waals surface area contributed by atoms with Gasteiger partial charge in [0.25, 0.3) is 0 Å². The van der Waals surface area contributed by atoms with Crippen LogP contribution in [0.25, 0.3) is 22.5 Å². The molecule has 8 heteroatoms. The molecule has 2 heterocycles. The number of benzene rings is 4. The molecule has 4 aromatic carbocycles. The third-order valence-electron chi connectivity index (χ3n) is 8.54. The fourth-order valence-electron chi connectivity index (χ4n) is 6.45. The van der Waals surface area contributed by atoms with Gasteiger partial charge in [-0.25, -0.2) is 4.98 Å². The molecule has 1 amide bonds. The average molecular weight is 651 g/mol. The van der Waals surface area contributed by atoms with Gasteiger partial charge < -0.3 is 15.2 Å². The monoisotopic (exact) mass is 650 g/mol. The summed E-state index contributed by atoms with van der Waals surface area (Å²) < 4.78 is 6.93. The lowest BCUT2D eigenvalue weighted by Gasteiger charge is -2.38. The maximum atomic E-state index is 12.9. The van der Waals surface area contributed by atoms with Crippen LogP contribution in [0.3, 0.4) is 0 Å². The summed E-state index contributed by atoms with van der Waals surface area (Å²) in [7, 11) is 0. The lowest BCUT2D eigenvalue weighted by molar-refractivity contribution is -0.121. The molecule has 0 aliphatic carbocycles. The van der Waals surface area contributed by atoms with Gasteiger partial charge in [0.1, 0.15) is 29.0 Å². The highest BCUT2D eigenvalue weighted by molar-refractivity contribution is 7.11. The zero-order valence-corrected chi connectivity index (χ0v) is 28.1. The van der Waals surface area contributed by atoms with Crippen LogP contribution >= 0.6 is 11.5 Å². The summed E-state index contributed by atoms with van der Waals surface area (Å²) in [5, 5.41) is 16.0. The summed E-state index contributed by atoms with van der Waals surface area (Å²) in [6, 6.07) is 41.7. The Morgan fingerprint density at radius 2 is 1.40 bits per heavy atom. The summed E-state index contributed by atoms with van der Waals surface area (Å²) in [4.78, 5) is 17.9. The molecule has 6 rings (SSSR count). The highest BCUT2D eigenvalue weighted by atomic mass is 32.1. The van der Waals surface area contributed by atoms with Crippen LogP contribution < -0.4 is 10.6 Å². The molecule has 0 aliphatic rings. The average Bonchev–Trinajstić information content (AvgIpc) is 3.75. The quantitative estimate of drug-likeness (QED) is 0.103. The number of nitrogens with one attached hydrogen (secondary N) is 2. The molecule has 48 heavy (non-hydrogen) atoms. The molecule has 0 fully saturated rings. The number of amides is 1. The molecule has 6 aromatic rings. The highest BCUT2D eigenvalue weighted by Crippen LogP contribution is 2.43. The number of carbonyl (C=O) groups excluding carboxylic acids is 1. The van der Waals surface area contributed by atoms with E-state index < -0.39 is 11.6 Å². The number of aromatic nitrogens is 3. The number of hydrogen-bond donors (Lipinski definition) is 2. The molecule has 1 atom stereocenters. The van der Waals surface area contributed by atoms with Gasteiger partial charge >= 0.3 is 0 Å². The molecule has 0 saturated heterocycles. The van der Waals surface area contributed by atoms with Crippen molar-refractivity contribution < 1.29 is 4.79 Å². The molecule has 0 saturated carbocycles. The van der Waals surface area contributed by atoms with Crippen molar-refractivity contribution in [3.63, 3.8) is 0 Å². The van der Waals surface area contributed by atoms with Crippen LogP contribution in [0.5, 0.6) is 0 Å². The summed E-state index contributed by atoms with van der Waals surface area (Å²) in [5.74, 6) is 0.927. The number of anilines is 1. The van der Waals surface area contributed by atoms with Crippen molar-refractivity contribution in [3.8, 4) is 28.6 Å². The number of carbonyl (C=O) groups is 1. The Bertz CT molecular complexity index is 1900. The van der Waals surface area contributed by atoms with Crippen molar-refractivity contribution in [2.75, 3.05) is 11.9 Å². The second kappa shape index (κ2) is 14.5. The predicted molar refractivity (Wildman–Crippen MR) is 194 cm³/mol. The van der Waals surface area contributed by atoms with E-state index in [1.165, 1.54) is 11.5 Å². The first-order chi connectivity index (χ1) is 23.4. The van der Waals surface area contributed by atoms with Gasteiger partial charge in [-0.2, -0.15) is 9.64 Å². The molecule has 0 bridgehead atoms. The molecular formula is C40H38N6OS. The third kappa shape index (κ3) is 6.38. The lowest BCUT2D eigenvalue weighted by Crippen LogP contribution is -2.40. The third-order valence-corrected chi connectivity index (χ3v) is 9.41. The first kappa shape index (κ1) is 32.4. The molecule has 0 unspecified atom stereocenters. The van der Waals surface area contributed by atoms with Crippen LogP contribution in [-0.4, -0.2) is 32.4 Å². The Balaban J connectivity index is 1.42. The van der Waals surface area contributed by atoms with Gasteiger partial charge in [0.15, 0.2) is 0 Å². The van der Waals surface area contributed by atoms with Crippen molar-refractivity contribution in [3.05, 3.63) is 150 Å². The molecule has 0 radical (unpaired) electrons. The Hall–Kier alpha value is -5.52.